The molecule has 1 saturated heterocycles. The van der Waals surface area contributed by atoms with E-state index in [2.05, 4.69) is 4.90 Å². The summed E-state index contributed by atoms with van der Waals surface area (Å²) >= 11 is 5.95. The van der Waals surface area contributed by atoms with Crippen LogP contribution in [0.5, 0.6) is 11.5 Å². The average Bonchev–Trinajstić information content (AvgIpc) is 2.78. The van der Waals surface area contributed by atoms with E-state index in [1.165, 1.54) is 18.2 Å². The molecule has 0 unspecified atom stereocenters. The maximum atomic E-state index is 13.1. The van der Waals surface area contributed by atoms with E-state index in [9.17, 15) is 14.0 Å². The summed E-state index contributed by atoms with van der Waals surface area (Å²) in [7, 11) is 0. The van der Waals surface area contributed by atoms with E-state index in [1.54, 1.807) is 24.3 Å². The SMILES string of the molecule is CC[C@@H]1CN(Cc2ccc(F)cc2)CCN1C(=O)COc1ccc(Cl)cc1OCC(=O)O. The van der Waals surface area contributed by atoms with Crippen molar-refractivity contribution in [2.45, 2.75) is 25.9 Å². The molecule has 2 aromatic carbocycles. The van der Waals surface area contributed by atoms with Crippen molar-refractivity contribution < 1.29 is 28.6 Å². The first-order chi connectivity index (χ1) is 15.4. The number of hydrogen-bond acceptors (Lipinski definition) is 5. The summed E-state index contributed by atoms with van der Waals surface area (Å²) in [6.07, 6.45) is 0.791. The number of amides is 1. The molecule has 3 rings (SSSR count). The van der Waals surface area contributed by atoms with Crippen molar-refractivity contribution in [2.24, 2.45) is 0 Å². The minimum Gasteiger partial charge on any atom is -0.480 e. The van der Waals surface area contributed by atoms with Crippen molar-refractivity contribution in [1.82, 2.24) is 9.80 Å². The molecule has 172 valence electrons. The number of benzene rings is 2. The number of aliphatic carboxylic acids is 1. The predicted molar refractivity (Wildman–Crippen MR) is 118 cm³/mol. The second kappa shape index (κ2) is 11.2. The number of ether oxygens (including phenoxy) is 2. The molecule has 7 nitrogen and oxygen atoms in total. The van der Waals surface area contributed by atoms with Crippen LogP contribution < -0.4 is 9.47 Å². The molecule has 1 fully saturated rings. The van der Waals surface area contributed by atoms with Crippen LogP contribution >= 0.6 is 11.6 Å². The Morgan fingerprint density at radius 2 is 1.81 bits per heavy atom. The van der Waals surface area contributed by atoms with Crippen molar-refractivity contribution in [3.63, 3.8) is 0 Å². The summed E-state index contributed by atoms with van der Waals surface area (Å²) in [5.41, 5.74) is 1.03. The lowest BCUT2D eigenvalue weighted by atomic mass is 10.1. The van der Waals surface area contributed by atoms with Crippen molar-refractivity contribution >= 4 is 23.5 Å². The van der Waals surface area contributed by atoms with Crippen molar-refractivity contribution in [2.75, 3.05) is 32.8 Å². The number of carbonyl (C=O) groups is 2. The molecule has 1 amide bonds. The molecule has 0 bridgehead atoms. The third-order valence-electron chi connectivity index (χ3n) is 5.29. The van der Waals surface area contributed by atoms with Gasteiger partial charge in [-0.3, -0.25) is 9.69 Å². The van der Waals surface area contributed by atoms with E-state index in [-0.39, 0.29) is 35.9 Å². The van der Waals surface area contributed by atoms with E-state index >= 15 is 0 Å². The van der Waals surface area contributed by atoms with E-state index in [4.69, 9.17) is 26.2 Å². The maximum Gasteiger partial charge on any atom is 0.341 e. The molecule has 1 heterocycles. The Morgan fingerprint density at radius 1 is 1.09 bits per heavy atom. The summed E-state index contributed by atoms with van der Waals surface area (Å²) in [5, 5.41) is 9.19. The Bertz CT molecular complexity index is 940. The number of piperazine rings is 1. The van der Waals surface area contributed by atoms with Crippen LogP contribution in [0.4, 0.5) is 4.39 Å². The number of rotatable bonds is 9. The van der Waals surface area contributed by atoms with Crippen LogP contribution in [-0.2, 0) is 16.1 Å². The molecule has 0 aromatic heterocycles. The summed E-state index contributed by atoms with van der Waals surface area (Å²) in [5.74, 6) is -1.11. The molecule has 1 aliphatic rings. The molecule has 32 heavy (non-hydrogen) atoms. The monoisotopic (exact) mass is 464 g/mol. The van der Waals surface area contributed by atoms with Crippen LogP contribution in [-0.4, -0.2) is 65.7 Å². The van der Waals surface area contributed by atoms with E-state index in [0.717, 1.165) is 12.0 Å². The second-order valence-corrected chi connectivity index (χ2v) is 8.01. The molecule has 0 saturated carbocycles. The smallest absolute Gasteiger partial charge is 0.341 e. The first-order valence-electron chi connectivity index (χ1n) is 10.4. The normalized spacial score (nSPS) is 16.6. The van der Waals surface area contributed by atoms with Crippen LogP contribution in [0.15, 0.2) is 42.5 Å². The zero-order valence-corrected chi connectivity index (χ0v) is 18.6. The Kier molecular flexibility index (Phi) is 8.30. The van der Waals surface area contributed by atoms with Gasteiger partial charge in [-0.15, -0.1) is 0 Å². The van der Waals surface area contributed by atoms with Gasteiger partial charge in [0, 0.05) is 43.3 Å². The first-order valence-corrected chi connectivity index (χ1v) is 10.8. The Labute approximate surface area is 191 Å². The Balaban J connectivity index is 1.57. The molecule has 1 N–H and O–H groups in total. The van der Waals surface area contributed by atoms with Gasteiger partial charge < -0.3 is 19.5 Å². The van der Waals surface area contributed by atoms with Gasteiger partial charge in [0.05, 0.1) is 0 Å². The maximum absolute atomic E-state index is 13.1. The predicted octanol–water partition coefficient (Wildman–Crippen LogP) is 3.44. The average molecular weight is 465 g/mol. The van der Waals surface area contributed by atoms with Gasteiger partial charge >= 0.3 is 5.97 Å². The van der Waals surface area contributed by atoms with Gasteiger partial charge in [0.15, 0.2) is 24.7 Å². The summed E-state index contributed by atoms with van der Waals surface area (Å²) < 4.78 is 24.0. The summed E-state index contributed by atoms with van der Waals surface area (Å²) in [6, 6.07) is 11.1. The molecule has 9 heteroatoms. The van der Waals surface area contributed by atoms with Crippen LogP contribution in [0.2, 0.25) is 5.02 Å². The largest absolute Gasteiger partial charge is 0.480 e. The van der Waals surface area contributed by atoms with Crippen molar-refractivity contribution in [3.8, 4) is 11.5 Å². The number of carboxylic acid groups (broad SMARTS) is 1. The van der Waals surface area contributed by atoms with Crippen LogP contribution in [0.3, 0.4) is 0 Å². The topological polar surface area (TPSA) is 79.3 Å². The lowest BCUT2D eigenvalue weighted by Gasteiger charge is -2.41. The first kappa shape index (κ1) is 23.8. The van der Waals surface area contributed by atoms with Crippen LogP contribution in [0.1, 0.15) is 18.9 Å². The third kappa shape index (κ3) is 6.58. The molecule has 0 aliphatic carbocycles. The van der Waals surface area contributed by atoms with Crippen LogP contribution in [0, 0.1) is 5.82 Å². The summed E-state index contributed by atoms with van der Waals surface area (Å²) in [6.45, 7) is 3.97. The Morgan fingerprint density at radius 3 is 2.50 bits per heavy atom. The van der Waals surface area contributed by atoms with Crippen molar-refractivity contribution in [3.05, 3.63) is 58.9 Å². The molecule has 2 aromatic rings. The van der Waals surface area contributed by atoms with Crippen LogP contribution in [0.25, 0.3) is 0 Å². The number of carboxylic acids is 1. The van der Waals surface area contributed by atoms with Gasteiger partial charge in [-0.1, -0.05) is 30.7 Å². The van der Waals surface area contributed by atoms with Crippen molar-refractivity contribution in [1.29, 1.82) is 0 Å². The zero-order valence-electron chi connectivity index (χ0n) is 17.8. The van der Waals surface area contributed by atoms with Gasteiger partial charge in [-0.25, -0.2) is 9.18 Å². The standard InChI is InChI=1S/C23H26ClFN2O5/c1-2-19-13-26(12-16-3-6-18(25)7-4-16)9-10-27(19)22(28)14-31-20-8-5-17(24)11-21(20)32-15-23(29)30/h3-8,11,19H,2,9-10,12-15H2,1H3,(H,29,30)/t19-/m1/s1. The molecule has 1 aliphatic heterocycles. The fourth-order valence-electron chi connectivity index (χ4n) is 3.66. The molecular weight excluding hydrogens is 439 g/mol. The highest BCUT2D eigenvalue weighted by Crippen LogP contribution is 2.30. The lowest BCUT2D eigenvalue weighted by molar-refractivity contribution is -0.140. The second-order valence-electron chi connectivity index (χ2n) is 7.57. The highest BCUT2D eigenvalue weighted by atomic mass is 35.5. The molecule has 0 radical (unpaired) electrons. The van der Waals surface area contributed by atoms with Gasteiger partial charge in [0.1, 0.15) is 5.82 Å². The van der Waals surface area contributed by atoms with Gasteiger partial charge in [0.25, 0.3) is 5.91 Å². The van der Waals surface area contributed by atoms with Gasteiger partial charge in [-0.05, 0) is 36.2 Å². The van der Waals surface area contributed by atoms with E-state index < -0.39 is 12.6 Å². The van der Waals surface area contributed by atoms with Gasteiger partial charge in [-0.2, -0.15) is 0 Å². The number of nitrogens with zero attached hydrogens (tertiary/aromatic N) is 2. The highest BCUT2D eigenvalue weighted by Gasteiger charge is 2.29. The fraction of sp³-hybridized carbons (Fsp3) is 0.391. The number of hydrogen-bond donors (Lipinski definition) is 1. The van der Waals surface area contributed by atoms with Gasteiger partial charge in [0.2, 0.25) is 0 Å². The Hall–Kier alpha value is -2.84. The minimum atomic E-state index is -1.13. The summed E-state index contributed by atoms with van der Waals surface area (Å²) in [4.78, 5) is 27.7. The minimum absolute atomic E-state index is 0.0354. The third-order valence-corrected chi connectivity index (χ3v) is 5.52. The fourth-order valence-corrected chi connectivity index (χ4v) is 3.83. The van der Waals surface area contributed by atoms with E-state index in [0.29, 0.717) is 31.2 Å². The molecule has 1 atom stereocenters. The molecule has 0 spiro atoms. The van der Waals surface area contributed by atoms with E-state index in [1.807, 2.05) is 11.8 Å². The number of carbonyl (C=O) groups excluding carboxylic acids is 1. The highest BCUT2D eigenvalue weighted by molar-refractivity contribution is 6.30. The lowest BCUT2D eigenvalue weighted by Crippen LogP contribution is -2.55. The zero-order chi connectivity index (χ0) is 23.1. The number of halogens is 2. The quantitative estimate of drug-likeness (QED) is 0.612. The molecular formula is C23H26ClFN2O5.